The van der Waals surface area contributed by atoms with E-state index in [1.54, 1.807) is 11.1 Å². The molecule has 0 aromatic heterocycles. The Morgan fingerprint density at radius 1 is 1.25 bits per heavy atom. The molecule has 1 rings (SSSR count). The first kappa shape index (κ1) is 9.79. The SMILES string of the molecule is CC1=C(C)CC(CCN)C(C)C1. The van der Waals surface area contributed by atoms with Crippen molar-refractivity contribution in [2.24, 2.45) is 17.6 Å². The van der Waals surface area contributed by atoms with Crippen LogP contribution in [0.3, 0.4) is 0 Å². The van der Waals surface area contributed by atoms with Crippen molar-refractivity contribution in [2.45, 2.75) is 40.0 Å². The molecular weight excluding hydrogens is 146 g/mol. The van der Waals surface area contributed by atoms with Crippen LogP contribution in [-0.2, 0) is 0 Å². The maximum atomic E-state index is 5.59. The lowest BCUT2D eigenvalue weighted by Gasteiger charge is -2.30. The highest BCUT2D eigenvalue weighted by molar-refractivity contribution is 5.14. The van der Waals surface area contributed by atoms with E-state index in [4.69, 9.17) is 5.73 Å². The second kappa shape index (κ2) is 4.08. The van der Waals surface area contributed by atoms with Crippen molar-refractivity contribution in [3.8, 4) is 0 Å². The maximum absolute atomic E-state index is 5.59. The molecule has 1 aliphatic carbocycles. The van der Waals surface area contributed by atoms with E-state index < -0.39 is 0 Å². The van der Waals surface area contributed by atoms with E-state index in [1.165, 1.54) is 19.3 Å². The topological polar surface area (TPSA) is 26.0 Å². The molecule has 12 heavy (non-hydrogen) atoms. The molecule has 0 saturated heterocycles. The minimum Gasteiger partial charge on any atom is -0.330 e. The molecular formula is C11H21N. The molecule has 0 heterocycles. The average Bonchev–Trinajstić information content (AvgIpc) is 2.01. The number of hydrogen-bond acceptors (Lipinski definition) is 1. The third-order valence-corrected chi connectivity index (χ3v) is 3.27. The number of hydrogen-bond donors (Lipinski definition) is 1. The predicted octanol–water partition coefficient (Wildman–Crippen LogP) is 2.72. The first-order chi connectivity index (χ1) is 5.65. The Balaban J connectivity index is 2.59. The summed E-state index contributed by atoms with van der Waals surface area (Å²) in [6.45, 7) is 7.74. The molecule has 2 unspecified atom stereocenters. The van der Waals surface area contributed by atoms with E-state index in [0.717, 1.165) is 18.4 Å². The number of nitrogens with two attached hydrogens (primary N) is 1. The molecule has 0 aromatic rings. The summed E-state index contributed by atoms with van der Waals surface area (Å²) in [7, 11) is 0. The predicted molar refractivity (Wildman–Crippen MR) is 53.9 cm³/mol. The highest BCUT2D eigenvalue weighted by atomic mass is 14.5. The molecule has 1 heteroatoms. The van der Waals surface area contributed by atoms with Gasteiger partial charge < -0.3 is 5.73 Å². The minimum atomic E-state index is 0.845. The zero-order chi connectivity index (χ0) is 9.14. The van der Waals surface area contributed by atoms with Gasteiger partial charge in [-0.3, -0.25) is 0 Å². The van der Waals surface area contributed by atoms with Gasteiger partial charge in [0.05, 0.1) is 0 Å². The Morgan fingerprint density at radius 3 is 2.42 bits per heavy atom. The van der Waals surface area contributed by atoms with Gasteiger partial charge in [-0.05, 0) is 51.5 Å². The summed E-state index contributed by atoms with van der Waals surface area (Å²) in [6, 6.07) is 0. The van der Waals surface area contributed by atoms with Crippen LogP contribution in [-0.4, -0.2) is 6.54 Å². The normalized spacial score (nSPS) is 31.0. The molecule has 0 saturated carbocycles. The summed E-state index contributed by atoms with van der Waals surface area (Å²) in [6.07, 6.45) is 3.77. The van der Waals surface area contributed by atoms with Gasteiger partial charge in [-0.2, -0.15) is 0 Å². The van der Waals surface area contributed by atoms with E-state index >= 15 is 0 Å². The lowest BCUT2D eigenvalue weighted by atomic mass is 9.76. The molecule has 0 radical (unpaired) electrons. The largest absolute Gasteiger partial charge is 0.330 e. The molecule has 0 bridgehead atoms. The van der Waals surface area contributed by atoms with Crippen LogP contribution in [0.15, 0.2) is 11.1 Å². The summed E-state index contributed by atoms with van der Waals surface area (Å²) in [5.74, 6) is 1.69. The molecule has 2 atom stereocenters. The first-order valence-electron chi connectivity index (χ1n) is 5.00. The Kier molecular flexibility index (Phi) is 3.33. The number of rotatable bonds is 2. The zero-order valence-electron chi connectivity index (χ0n) is 8.56. The van der Waals surface area contributed by atoms with Crippen LogP contribution in [0.4, 0.5) is 0 Å². The van der Waals surface area contributed by atoms with Crippen molar-refractivity contribution in [2.75, 3.05) is 6.54 Å². The summed E-state index contributed by atoms with van der Waals surface area (Å²) in [5.41, 5.74) is 8.80. The second-order valence-electron chi connectivity index (χ2n) is 4.28. The van der Waals surface area contributed by atoms with E-state index in [-0.39, 0.29) is 0 Å². The summed E-state index contributed by atoms with van der Waals surface area (Å²) < 4.78 is 0. The Bertz CT molecular complexity index is 181. The van der Waals surface area contributed by atoms with Gasteiger partial charge in [-0.25, -0.2) is 0 Å². The maximum Gasteiger partial charge on any atom is -0.00744 e. The van der Waals surface area contributed by atoms with Gasteiger partial charge in [-0.15, -0.1) is 0 Å². The van der Waals surface area contributed by atoms with Gasteiger partial charge in [0.15, 0.2) is 0 Å². The highest BCUT2D eigenvalue weighted by Crippen LogP contribution is 2.35. The van der Waals surface area contributed by atoms with Gasteiger partial charge in [0, 0.05) is 0 Å². The van der Waals surface area contributed by atoms with Crippen LogP contribution in [0.2, 0.25) is 0 Å². The Labute approximate surface area is 76.0 Å². The fraction of sp³-hybridized carbons (Fsp3) is 0.818. The smallest absolute Gasteiger partial charge is 0.00744 e. The zero-order valence-corrected chi connectivity index (χ0v) is 8.56. The standard InChI is InChI=1S/C11H21N/c1-8-6-10(3)11(4-5-12)7-9(8)2/h10-11H,4-7,12H2,1-3H3. The monoisotopic (exact) mass is 167 g/mol. The van der Waals surface area contributed by atoms with E-state index in [0.29, 0.717) is 0 Å². The van der Waals surface area contributed by atoms with Crippen molar-refractivity contribution < 1.29 is 0 Å². The van der Waals surface area contributed by atoms with Crippen LogP contribution >= 0.6 is 0 Å². The molecule has 0 spiro atoms. The van der Waals surface area contributed by atoms with Crippen molar-refractivity contribution in [1.29, 1.82) is 0 Å². The lowest BCUT2D eigenvalue weighted by molar-refractivity contribution is 0.315. The number of allylic oxidation sites excluding steroid dienone is 2. The first-order valence-corrected chi connectivity index (χ1v) is 5.00. The molecule has 0 fully saturated rings. The highest BCUT2D eigenvalue weighted by Gasteiger charge is 2.22. The third-order valence-electron chi connectivity index (χ3n) is 3.27. The molecule has 0 aromatic carbocycles. The van der Waals surface area contributed by atoms with Crippen molar-refractivity contribution in [3.63, 3.8) is 0 Å². The van der Waals surface area contributed by atoms with E-state index in [1.807, 2.05) is 0 Å². The van der Waals surface area contributed by atoms with Gasteiger partial charge in [0.2, 0.25) is 0 Å². The van der Waals surface area contributed by atoms with Crippen molar-refractivity contribution in [3.05, 3.63) is 11.1 Å². The van der Waals surface area contributed by atoms with Crippen LogP contribution < -0.4 is 5.73 Å². The summed E-state index contributed by atoms with van der Waals surface area (Å²) in [5, 5.41) is 0. The molecule has 1 nitrogen and oxygen atoms in total. The summed E-state index contributed by atoms with van der Waals surface area (Å²) >= 11 is 0. The molecule has 1 aliphatic rings. The minimum absolute atomic E-state index is 0.845. The van der Waals surface area contributed by atoms with Gasteiger partial charge in [-0.1, -0.05) is 18.1 Å². The van der Waals surface area contributed by atoms with Gasteiger partial charge in [0.1, 0.15) is 0 Å². The Hall–Kier alpha value is -0.300. The molecule has 2 N–H and O–H groups in total. The lowest BCUT2D eigenvalue weighted by Crippen LogP contribution is -2.21. The Morgan fingerprint density at radius 2 is 1.83 bits per heavy atom. The van der Waals surface area contributed by atoms with Crippen LogP contribution in [0, 0.1) is 11.8 Å². The molecule has 0 amide bonds. The fourth-order valence-electron chi connectivity index (χ4n) is 2.19. The van der Waals surface area contributed by atoms with E-state index in [9.17, 15) is 0 Å². The molecule has 0 aliphatic heterocycles. The van der Waals surface area contributed by atoms with Crippen LogP contribution in [0.1, 0.15) is 40.0 Å². The van der Waals surface area contributed by atoms with Crippen LogP contribution in [0.25, 0.3) is 0 Å². The average molecular weight is 167 g/mol. The van der Waals surface area contributed by atoms with Gasteiger partial charge >= 0.3 is 0 Å². The van der Waals surface area contributed by atoms with Crippen molar-refractivity contribution >= 4 is 0 Å². The van der Waals surface area contributed by atoms with Crippen molar-refractivity contribution in [1.82, 2.24) is 0 Å². The third kappa shape index (κ3) is 2.10. The van der Waals surface area contributed by atoms with Crippen LogP contribution in [0.5, 0.6) is 0 Å². The van der Waals surface area contributed by atoms with E-state index in [2.05, 4.69) is 20.8 Å². The summed E-state index contributed by atoms with van der Waals surface area (Å²) in [4.78, 5) is 0. The van der Waals surface area contributed by atoms with Gasteiger partial charge in [0.25, 0.3) is 0 Å². The fourth-order valence-corrected chi connectivity index (χ4v) is 2.19. The molecule has 70 valence electrons. The quantitative estimate of drug-likeness (QED) is 0.629. The second-order valence-corrected chi connectivity index (χ2v) is 4.28.